The Kier molecular flexibility index (Phi) is 2.17. The quantitative estimate of drug-likeness (QED) is 0.625. The third-order valence-corrected chi connectivity index (χ3v) is 3.22. The van der Waals surface area contributed by atoms with Gasteiger partial charge in [0.25, 0.3) is 5.69 Å². The Morgan fingerprint density at radius 2 is 2.20 bits per heavy atom. The second-order valence-corrected chi connectivity index (χ2v) is 4.20. The van der Waals surface area contributed by atoms with E-state index in [0.717, 1.165) is 15.0 Å². The number of benzene rings is 1. The van der Waals surface area contributed by atoms with Gasteiger partial charge in [-0.25, -0.2) is 0 Å². The summed E-state index contributed by atoms with van der Waals surface area (Å²) in [6.07, 6.45) is 0. The van der Waals surface area contributed by atoms with Gasteiger partial charge in [-0.2, -0.15) is 0 Å². The number of nitrogens with two attached hydrogens (primary N) is 1. The summed E-state index contributed by atoms with van der Waals surface area (Å²) in [7, 11) is 0. The van der Waals surface area contributed by atoms with E-state index in [0.29, 0.717) is 5.70 Å². The van der Waals surface area contributed by atoms with Crippen LogP contribution in [0.1, 0.15) is 4.88 Å². The maximum atomic E-state index is 10.6. The number of hydrogen-bond acceptors (Lipinski definition) is 4. The highest BCUT2D eigenvalue weighted by atomic mass is 32.1. The van der Waals surface area contributed by atoms with Gasteiger partial charge in [-0.05, 0) is 17.5 Å². The molecule has 0 aliphatic heterocycles. The average molecular weight is 220 g/mol. The van der Waals surface area contributed by atoms with Crippen molar-refractivity contribution in [2.24, 2.45) is 5.73 Å². The Hall–Kier alpha value is -1.88. The Labute approximate surface area is 89.8 Å². The predicted octanol–water partition coefficient (Wildman–Crippen LogP) is 2.74. The lowest BCUT2D eigenvalue weighted by Gasteiger charge is -1.89. The van der Waals surface area contributed by atoms with Crippen molar-refractivity contribution in [3.05, 3.63) is 45.8 Å². The van der Waals surface area contributed by atoms with E-state index in [1.54, 1.807) is 6.07 Å². The van der Waals surface area contributed by atoms with E-state index in [1.165, 1.54) is 23.5 Å². The van der Waals surface area contributed by atoms with Crippen molar-refractivity contribution < 1.29 is 4.92 Å². The van der Waals surface area contributed by atoms with Crippen LogP contribution in [0, 0.1) is 10.1 Å². The van der Waals surface area contributed by atoms with Gasteiger partial charge in [0.1, 0.15) is 0 Å². The van der Waals surface area contributed by atoms with Crippen LogP contribution in [0.2, 0.25) is 0 Å². The van der Waals surface area contributed by atoms with Gasteiger partial charge in [-0.3, -0.25) is 10.1 Å². The molecule has 2 aromatic rings. The third kappa shape index (κ3) is 1.69. The molecular formula is C10H8N2O2S. The zero-order valence-corrected chi connectivity index (χ0v) is 8.58. The fourth-order valence-electron chi connectivity index (χ4n) is 1.30. The third-order valence-electron chi connectivity index (χ3n) is 2.03. The van der Waals surface area contributed by atoms with Crippen LogP contribution in [-0.2, 0) is 0 Å². The minimum atomic E-state index is -0.409. The number of rotatable bonds is 2. The number of non-ortho nitro benzene ring substituents is 1. The second-order valence-electron chi connectivity index (χ2n) is 3.12. The van der Waals surface area contributed by atoms with E-state index >= 15 is 0 Å². The van der Waals surface area contributed by atoms with Gasteiger partial charge in [0.05, 0.1) is 9.80 Å². The van der Waals surface area contributed by atoms with Gasteiger partial charge >= 0.3 is 0 Å². The summed E-state index contributed by atoms with van der Waals surface area (Å²) in [6, 6.07) is 6.57. The van der Waals surface area contributed by atoms with E-state index in [2.05, 4.69) is 6.58 Å². The summed E-state index contributed by atoms with van der Waals surface area (Å²) in [5, 5.41) is 11.4. The molecule has 0 bridgehead atoms. The molecule has 4 nitrogen and oxygen atoms in total. The summed E-state index contributed by atoms with van der Waals surface area (Å²) < 4.78 is 0.974. The monoisotopic (exact) mass is 220 g/mol. The summed E-state index contributed by atoms with van der Waals surface area (Å²) >= 11 is 1.48. The lowest BCUT2D eigenvalue weighted by atomic mass is 10.2. The number of nitrogens with zero attached hydrogens (tertiary/aromatic N) is 1. The van der Waals surface area contributed by atoms with Crippen LogP contribution in [0.3, 0.4) is 0 Å². The summed E-state index contributed by atoms with van der Waals surface area (Å²) in [6.45, 7) is 3.63. The Balaban J connectivity index is 2.62. The summed E-state index contributed by atoms with van der Waals surface area (Å²) in [5.41, 5.74) is 6.13. The summed E-state index contributed by atoms with van der Waals surface area (Å²) in [4.78, 5) is 11.0. The zero-order chi connectivity index (χ0) is 11.0. The van der Waals surface area contributed by atoms with Crippen molar-refractivity contribution in [3.63, 3.8) is 0 Å². The van der Waals surface area contributed by atoms with Gasteiger partial charge in [0.15, 0.2) is 0 Å². The predicted molar refractivity (Wildman–Crippen MR) is 61.7 cm³/mol. The highest BCUT2D eigenvalue weighted by Crippen LogP contribution is 2.30. The normalized spacial score (nSPS) is 10.4. The van der Waals surface area contributed by atoms with Crippen molar-refractivity contribution in [3.8, 4) is 0 Å². The zero-order valence-electron chi connectivity index (χ0n) is 7.77. The number of nitro benzene ring substituents is 1. The molecule has 0 aliphatic rings. The lowest BCUT2D eigenvalue weighted by Crippen LogP contribution is -1.88. The topological polar surface area (TPSA) is 69.2 Å². The first-order valence-electron chi connectivity index (χ1n) is 4.20. The minimum absolute atomic E-state index is 0.0921. The SMILES string of the molecule is C=C(N)c1cc2cc([N+](=O)[O-])ccc2s1. The molecule has 0 radical (unpaired) electrons. The van der Waals surface area contributed by atoms with E-state index < -0.39 is 4.92 Å². The molecule has 0 spiro atoms. The van der Waals surface area contributed by atoms with Crippen LogP contribution in [0.15, 0.2) is 30.8 Å². The molecule has 0 amide bonds. The van der Waals surface area contributed by atoms with Crippen molar-refractivity contribution in [1.82, 2.24) is 0 Å². The summed E-state index contributed by atoms with van der Waals surface area (Å²) in [5.74, 6) is 0. The average Bonchev–Trinajstić information content (AvgIpc) is 2.59. The van der Waals surface area contributed by atoms with Crippen LogP contribution < -0.4 is 5.73 Å². The molecule has 0 atom stereocenters. The maximum Gasteiger partial charge on any atom is 0.270 e. The van der Waals surface area contributed by atoms with Crippen LogP contribution in [0.25, 0.3) is 15.8 Å². The molecule has 2 rings (SSSR count). The van der Waals surface area contributed by atoms with Gasteiger partial charge in [0, 0.05) is 22.5 Å². The molecular weight excluding hydrogens is 212 g/mol. The fraction of sp³-hybridized carbons (Fsp3) is 0. The molecule has 1 aromatic heterocycles. The Morgan fingerprint density at radius 1 is 1.47 bits per heavy atom. The molecule has 0 fully saturated rings. The number of nitro groups is 1. The van der Waals surface area contributed by atoms with Gasteiger partial charge in [0.2, 0.25) is 0 Å². The van der Waals surface area contributed by atoms with E-state index in [9.17, 15) is 10.1 Å². The Morgan fingerprint density at radius 3 is 2.80 bits per heavy atom. The van der Waals surface area contributed by atoms with E-state index in [-0.39, 0.29) is 5.69 Å². The molecule has 0 unspecified atom stereocenters. The van der Waals surface area contributed by atoms with E-state index in [4.69, 9.17) is 5.73 Å². The van der Waals surface area contributed by atoms with Crippen LogP contribution >= 0.6 is 11.3 Å². The highest BCUT2D eigenvalue weighted by molar-refractivity contribution is 7.20. The number of hydrogen-bond donors (Lipinski definition) is 1. The first kappa shape index (κ1) is 9.67. The van der Waals surface area contributed by atoms with Crippen LogP contribution in [0.5, 0.6) is 0 Å². The number of thiophene rings is 1. The molecule has 0 saturated carbocycles. The molecule has 76 valence electrons. The van der Waals surface area contributed by atoms with Crippen LogP contribution in [0.4, 0.5) is 5.69 Å². The maximum absolute atomic E-state index is 10.6. The molecule has 5 heteroatoms. The van der Waals surface area contributed by atoms with Crippen molar-refractivity contribution in [1.29, 1.82) is 0 Å². The lowest BCUT2D eigenvalue weighted by molar-refractivity contribution is -0.384. The second kappa shape index (κ2) is 3.36. The van der Waals surface area contributed by atoms with Gasteiger partial charge < -0.3 is 5.73 Å². The smallest absolute Gasteiger partial charge is 0.270 e. The Bertz CT molecular complexity index is 548. The fourth-order valence-corrected chi connectivity index (χ4v) is 2.23. The largest absolute Gasteiger partial charge is 0.398 e. The minimum Gasteiger partial charge on any atom is -0.398 e. The molecule has 1 aromatic carbocycles. The van der Waals surface area contributed by atoms with E-state index in [1.807, 2.05) is 6.07 Å². The molecule has 0 aliphatic carbocycles. The van der Waals surface area contributed by atoms with Crippen molar-refractivity contribution >= 4 is 32.8 Å². The molecule has 0 saturated heterocycles. The van der Waals surface area contributed by atoms with Gasteiger partial charge in [-0.1, -0.05) is 6.58 Å². The molecule has 15 heavy (non-hydrogen) atoms. The first-order valence-corrected chi connectivity index (χ1v) is 5.02. The van der Waals surface area contributed by atoms with Crippen molar-refractivity contribution in [2.45, 2.75) is 0 Å². The van der Waals surface area contributed by atoms with Gasteiger partial charge in [-0.15, -0.1) is 11.3 Å². The number of fused-ring (bicyclic) bond motifs is 1. The molecule has 2 N–H and O–H groups in total. The highest BCUT2D eigenvalue weighted by Gasteiger charge is 2.08. The molecule has 1 heterocycles. The van der Waals surface area contributed by atoms with Crippen molar-refractivity contribution in [2.75, 3.05) is 0 Å². The van der Waals surface area contributed by atoms with Crippen LogP contribution in [-0.4, -0.2) is 4.92 Å². The standard InChI is InChI=1S/C10H8N2O2S/c1-6(11)10-5-7-4-8(12(13)14)2-3-9(7)15-10/h2-5H,1,11H2. The first-order chi connectivity index (χ1) is 7.08.